The van der Waals surface area contributed by atoms with Gasteiger partial charge in [-0.2, -0.15) is 0 Å². The Labute approximate surface area is 116 Å². The van der Waals surface area contributed by atoms with Crippen LogP contribution in [0, 0.1) is 20.8 Å². The summed E-state index contributed by atoms with van der Waals surface area (Å²) in [5, 5.41) is 2.66. The van der Waals surface area contributed by atoms with E-state index in [2.05, 4.69) is 20.3 Å². The number of aromatic nitrogens is 3. The summed E-state index contributed by atoms with van der Waals surface area (Å²) < 4.78 is 0. The number of amides is 1. The molecule has 6 heteroatoms. The number of hydrogen-bond donors (Lipinski definition) is 2. The van der Waals surface area contributed by atoms with Crippen molar-refractivity contribution in [2.75, 3.05) is 5.32 Å². The molecular weight excluding hydrogens is 256 g/mol. The van der Waals surface area contributed by atoms with Crippen LogP contribution in [0.1, 0.15) is 22.6 Å². The maximum atomic E-state index is 11.9. The van der Waals surface area contributed by atoms with Crippen LogP contribution in [0.25, 0.3) is 0 Å². The number of aromatic amines is 1. The van der Waals surface area contributed by atoms with Gasteiger partial charge in [-0.1, -0.05) is 6.07 Å². The minimum atomic E-state index is -0.291. The number of aryl methyl sites for hydroxylation is 3. The van der Waals surface area contributed by atoms with Crippen LogP contribution in [0.4, 0.5) is 5.82 Å². The van der Waals surface area contributed by atoms with Gasteiger partial charge in [0.25, 0.3) is 5.56 Å². The van der Waals surface area contributed by atoms with Gasteiger partial charge >= 0.3 is 0 Å². The van der Waals surface area contributed by atoms with Gasteiger partial charge < -0.3 is 10.3 Å². The second-order valence-electron chi connectivity index (χ2n) is 4.66. The lowest BCUT2D eigenvalue weighted by Gasteiger charge is -2.06. The molecule has 2 aromatic rings. The topological polar surface area (TPSA) is 87.7 Å². The fourth-order valence-electron chi connectivity index (χ4n) is 1.85. The highest BCUT2D eigenvalue weighted by atomic mass is 16.2. The van der Waals surface area contributed by atoms with Gasteiger partial charge in [0.2, 0.25) is 5.91 Å². The van der Waals surface area contributed by atoms with Gasteiger partial charge in [0.1, 0.15) is 11.6 Å². The normalized spacial score (nSPS) is 10.3. The second-order valence-corrected chi connectivity index (χ2v) is 4.66. The zero-order chi connectivity index (χ0) is 14.7. The van der Waals surface area contributed by atoms with Crippen LogP contribution in [0.3, 0.4) is 0 Å². The van der Waals surface area contributed by atoms with Crippen molar-refractivity contribution in [3.05, 3.63) is 51.3 Å². The average molecular weight is 272 g/mol. The third kappa shape index (κ3) is 3.28. The van der Waals surface area contributed by atoms with Crippen molar-refractivity contribution in [1.82, 2.24) is 15.0 Å². The van der Waals surface area contributed by atoms with Crippen molar-refractivity contribution < 1.29 is 4.79 Å². The van der Waals surface area contributed by atoms with Crippen LogP contribution in [0.5, 0.6) is 0 Å². The maximum absolute atomic E-state index is 11.9. The number of nitrogens with one attached hydrogen (secondary N) is 2. The maximum Gasteiger partial charge on any atom is 0.254 e. The van der Waals surface area contributed by atoms with E-state index in [1.165, 1.54) is 0 Å². The molecule has 0 bridgehead atoms. The Morgan fingerprint density at radius 2 is 2.05 bits per heavy atom. The van der Waals surface area contributed by atoms with Crippen LogP contribution in [-0.2, 0) is 11.2 Å². The molecule has 2 heterocycles. The van der Waals surface area contributed by atoms with E-state index in [-0.39, 0.29) is 17.9 Å². The summed E-state index contributed by atoms with van der Waals surface area (Å²) >= 11 is 0. The van der Waals surface area contributed by atoms with Gasteiger partial charge in [-0.15, -0.1) is 0 Å². The third-order valence-corrected chi connectivity index (χ3v) is 2.86. The van der Waals surface area contributed by atoms with Gasteiger partial charge in [0, 0.05) is 17.5 Å². The lowest BCUT2D eigenvalue weighted by Crippen LogP contribution is -2.24. The first-order valence-electron chi connectivity index (χ1n) is 6.24. The molecule has 0 aromatic carbocycles. The quantitative estimate of drug-likeness (QED) is 0.880. The molecule has 2 N–H and O–H groups in total. The largest absolute Gasteiger partial charge is 0.311 e. The lowest BCUT2D eigenvalue weighted by atomic mass is 10.1. The Balaban J connectivity index is 2.12. The number of nitrogens with zero attached hydrogens (tertiary/aromatic N) is 2. The number of H-pyrrole nitrogens is 1. The SMILES string of the molecule is Cc1ccc(NC(=O)Cc2c(C)nc(C)[nH]c2=O)nc1. The fraction of sp³-hybridized carbons (Fsp3) is 0.286. The van der Waals surface area contributed by atoms with Gasteiger partial charge in [-0.3, -0.25) is 9.59 Å². The third-order valence-electron chi connectivity index (χ3n) is 2.86. The highest BCUT2D eigenvalue weighted by molar-refractivity contribution is 5.91. The second kappa shape index (κ2) is 5.64. The van der Waals surface area contributed by atoms with Crippen molar-refractivity contribution >= 4 is 11.7 Å². The number of carbonyl (C=O) groups is 1. The first kappa shape index (κ1) is 13.9. The Morgan fingerprint density at radius 3 is 2.65 bits per heavy atom. The van der Waals surface area contributed by atoms with Crippen molar-refractivity contribution in [1.29, 1.82) is 0 Å². The summed E-state index contributed by atoms with van der Waals surface area (Å²) in [5.74, 6) is 0.715. The van der Waals surface area contributed by atoms with Gasteiger partial charge in [-0.05, 0) is 32.4 Å². The standard InChI is InChI=1S/C14H16N4O2/c1-8-4-5-12(15-7-8)18-13(19)6-11-9(2)16-10(3)17-14(11)20/h4-5,7H,6H2,1-3H3,(H,15,18,19)(H,16,17,20). The van der Waals surface area contributed by atoms with Gasteiger partial charge in [-0.25, -0.2) is 9.97 Å². The van der Waals surface area contributed by atoms with Crippen molar-refractivity contribution in [2.24, 2.45) is 0 Å². The van der Waals surface area contributed by atoms with E-state index in [0.29, 0.717) is 22.9 Å². The number of rotatable bonds is 3. The van der Waals surface area contributed by atoms with Crippen LogP contribution in [-0.4, -0.2) is 20.9 Å². The molecule has 2 aromatic heterocycles. The molecule has 0 saturated heterocycles. The molecule has 0 saturated carbocycles. The minimum Gasteiger partial charge on any atom is -0.311 e. The summed E-state index contributed by atoms with van der Waals surface area (Å²) in [7, 11) is 0. The Hall–Kier alpha value is -2.50. The van der Waals surface area contributed by atoms with E-state index in [1.54, 1.807) is 26.1 Å². The van der Waals surface area contributed by atoms with Gasteiger partial charge in [0.05, 0.1) is 6.42 Å². The lowest BCUT2D eigenvalue weighted by molar-refractivity contribution is -0.115. The Morgan fingerprint density at radius 1 is 1.30 bits per heavy atom. The van der Waals surface area contributed by atoms with E-state index < -0.39 is 0 Å². The van der Waals surface area contributed by atoms with E-state index in [9.17, 15) is 9.59 Å². The molecule has 0 aliphatic carbocycles. The number of hydrogen-bond acceptors (Lipinski definition) is 4. The summed E-state index contributed by atoms with van der Waals surface area (Å²) in [5.41, 5.74) is 1.68. The van der Waals surface area contributed by atoms with Crippen molar-refractivity contribution in [3.8, 4) is 0 Å². The van der Waals surface area contributed by atoms with Crippen LogP contribution >= 0.6 is 0 Å². The first-order chi connectivity index (χ1) is 9.45. The summed E-state index contributed by atoms with van der Waals surface area (Å²) in [6.45, 7) is 5.34. The van der Waals surface area contributed by atoms with Crippen LogP contribution in [0.15, 0.2) is 23.1 Å². The fourth-order valence-corrected chi connectivity index (χ4v) is 1.85. The Bertz CT molecular complexity index is 689. The summed E-state index contributed by atoms with van der Waals surface area (Å²) in [6.07, 6.45) is 1.64. The molecule has 0 radical (unpaired) electrons. The van der Waals surface area contributed by atoms with E-state index in [0.717, 1.165) is 5.56 Å². The van der Waals surface area contributed by atoms with Crippen molar-refractivity contribution in [3.63, 3.8) is 0 Å². The zero-order valence-corrected chi connectivity index (χ0v) is 11.7. The molecule has 0 spiro atoms. The molecule has 0 unspecified atom stereocenters. The molecular formula is C14H16N4O2. The molecule has 0 aliphatic heterocycles. The smallest absolute Gasteiger partial charge is 0.254 e. The zero-order valence-electron chi connectivity index (χ0n) is 11.7. The van der Waals surface area contributed by atoms with E-state index in [4.69, 9.17) is 0 Å². The Kier molecular flexibility index (Phi) is 3.93. The predicted molar refractivity (Wildman–Crippen MR) is 75.6 cm³/mol. The average Bonchev–Trinajstić information content (AvgIpc) is 2.36. The highest BCUT2D eigenvalue weighted by Gasteiger charge is 2.12. The van der Waals surface area contributed by atoms with Crippen LogP contribution < -0.4 is 10.9 Å². The molecule has 104 valence electrons. The molecule has 0 fully saturated rings. The van der Waals surface area contributed by atoms with E-state index in [1.807, 2.05) is 13.0 Å². The summed E-state index contributed by atoms with van der Waals surface area (Å²) in [6, 6.07) is 3.58. The monoisotopic (exact) mass is 272 g/mol. The number of pyridine rings is 1. The van der Waals surface area contributed by atoms with Gasteiger partial charge in [0.15, 0.2) is 0 Å². The molecule has 1 amide bonds. The minimum absolute atomic E-state index is 0.0238. The highest BCUT2D eigenvalue weighted by Crippen LogP contribution is 2.06. The molecule has 0 aliphatic rings. The molecule has 0 atom stereocenters. The molecule has 20 heavy (non-hydrogen) atoms. The van der Waals surface area contributed by atoms with E-state index >= 15 is 0 Å². The number of carbonyl (C=O) groups excluding carboxylic acids is 1. The first-order valence-corrected chi connectivity index (χ1v) is 6.24. The van der Waals surface area contributed by atoms with Crippen molar-refractivity contribution in [2.45, 2.75) is 27.2 Å². The predicted octanol–water partition coefficient (Wildman–Crippen LogP) is 1.27. The molecule has 2 rings (SSSR count). The molecule has 6 nitrogen and oxygen atoms in total. The number of anilines is 1. The summed E-state index contributed by atoms with van der Waals surface area (Å²) in [4.78, 5) is 34.6. The van der Waals surface area contributed by atoms with Crippen LogP contribution in [0.2, 0.25) is 0 Å².